The van der Waals surface area contributed by atoms with Crippen LogP contribution in [0.4, 0.5) is 18.9 Å². The molecule has 3 rings (SSSR count). The number of carbonyl (C=O) groups excluding carboxylic acids is 1. The Labute approximate surface area is 164 Å². The van der Waals surface area contributed by atoms with Gasteiger partial charge in [-0.3, -0.25) is 4.79 Å². The Morgan fingerprint density at radius 1 is 0.929 bits per heavy atom. The van der Waals surface area contributed by atoms with E-state index in [0.29, 0.717) is 11.5 Å². The van der Waals surface area contributed by atoms with Crippen LogP contribution in [0.1, 0.15) is 21.5 Å². The van der Waals surface area contributed by atoms with E-state index >= 15 is 0 Å². The molecule has 1 amide bonds. The van der Waals surface area contributed by atoms with Gasteiger partial charge >= 0.3 is 6.18 Å². The molecule has 1 N–H and O–H groups in total. The summed E-state index contributed by atoms with van der Waals surface area (Å²) in [5, 5.41) is 2.42. The Bertz CT molecular complexity index is 984. The van der Waals surface area contributed by atoms with Crippen LogP contribution in [0.2, 0.25) is 5.02 Å². The molecule has 28 heavy (non-hydrogen) atoms. The summed E-state index contributed by atoms with van der Waals surface area (Å²) in [6, 6.07) is 16.5. The topological polar surface area (TPSA) is 38.3 Å². The van der Waals surface area contributed by atoms with Crippen molar-refractivity contribution in [2.24, 2.45) is 0 Å². The lowest BCUT2D eigenvalue weighted by molar-refractivity contribution is -0.137. The van der Waals surface area contributed by atoms with Crippen molar-refractivity contribution in [3.05, 3.63) is 88.4 Å². The van der Waals surface area contributed by atoms with E-state index in [9.17, 15) is 18.0 Å². The fourth-order valence-electron chi connectivity index (χ4n) is 2.41. The molecule has 3 aromatic carbocycles. The number of hydrogen-bond acceptors (Lipinski definition) is 2. The van der Waals surface area contributed by atoms with E-state index in [1.165, 1.54) is 12.1 Å². The Hall–Kier alpha value is -2.99. The number of anilines is 1. The van der Waals surface area contributed by atoms with Gasteiger partial charge < -0.3 is 10.1 Å². The molecule has 0 spiro atoms. The van der Waals surface area contributed by atoms with Gasteiger partial charge in [0.2, 0.25) is 0 Å². The molecule has 0 fully saturated rings. The molecule has 0 atom stereocenters. The van der Waals surface area contributed by atoms with Crippen molar-refractivity contribution in [1.82, 2.24) is 0 Å². The van der Waals surface area contributed by atoms with E-state index in [1.807, 2.05) is 31.2 Å². The summed E-state index contributed by atoms with van der Waals surface area (Å²) in [6.07, 6.45) is -4.53. The van der Waals surface area contributed by atoms with Crippen molar-refractivity contribution in [3.8, 4) is 11.5 Å². The van der Waals surface area contributed by atoms with Crippen molar-refractivity contribution >= 4 is 23.2 Å². The fraction of sp³-hybridized carbons (Fsp3) is 0.0952. The summed E-state index contributed by atoms with van der Waals surface area (Å²) in [5.41, 5.74) is 0.355. The number of carbonyl (C=O) groups is 1. The van der Waals surface area contributed by atoms with Gasteiger partial charge in [0.1, 0.15) is 11.5 Å². The molecule has 0 aliphatic carbocycles. The lowest BCUT2D eigenvalue weighted by Crippen LogP contribution is -2.13. The van der Waals surface area contributed by atoms with Crippen LogP contribution in [0.5, 0.6) is 11.5 Å². The lowest BCUT2D eigenvalue weighted by Gasteiger charge is -2.12. The normalized spacial score (nSPS) is 11.2. The van der Waals surface area contributed by atoms with Crippen molar-refractivity contribution in [2.75, 3.05) is 5.32 Å². The quantitative estimate of drug-likeness (QED) is 0.523. The summed E-state index contributed by atoms with van der Waals surface area (Å²) in [5.74, 6) is 0.596. The van der Waals surface area contributed by atoms with E-state index in [0.717, 1.165) is 23.8 Å². The molecule has 0 aromatic heterocycles. The SMILES string of the molecule is Cc1ccc(Oc2ccc(C(=O)Nc3cc(C(F)(F)F)ccc3Cl)cc2)cc1. The smallest absolute Gasteiger partial charge is 0.416 e. The van der Waals surface area contributed by atoms with Crippen LogP contribution in [-0.2, 0) is 6.18 Å². The van der Waals surface area contributed by atoms with Crippen LogP contribution in [0.15, 0.2) is 66.7 Å². The predicted octanol–water partition coefficient (Wildman–Crippen LogP) is 6.71. The van der Waals surface area contributed by atoms with E-state index < -0.39 is 17.6 Å². The van der Waals surface area contributed by atoms with E-state index in [2.05, 4.69) is 5.32 Å². The van der Waals surface area contributed by atoms with Gasteiger partial charge in [-0.1, -0.05) is 29.3 Å². The second kappa shape index (κ2) is 7.94. The van der Waals surface area contributed by atoms with Crippen LogP contribution in [0.3, 0.4) is 0 Å². The minimum atomic E-state index is -4.53. The number of alkyl halides is 3. The predicted molar refractivity (Wildman–Crippen MR) is 102 cm³/mol. The molecular formula is C21H15ClF3NO2. The van der Waals surface area contributed by atoms with Gasteiger partial charge in [-0.25, -0.2) is 0 Å². The molecule has 0 saturated heterocycles. The Kier molecular flexibility index (Phi) is 5.61. The molecule has 0 bridgehead atoms. The van der Waals surface area contributed by atoms with Crippen LogP contribution in [0.25, 0.3) is 0 Å². The first kappa shape index (κ1) is 19.8. The summed E-state index contributed by atoms with van der Waals surface area (Å²) >= 11 is 5.90. The average molecular weight is 406 g/mol. The number of halogens is 4. The minimum absolute atomic E-state index is 0.0145. The number of ether oxygens (including phenoxy) is 1. The molecule has 0 unspecified atom stereocenters. The number of rotatable bonds is 4. The first-order chi connectivity index (χ1) is 13.2. The number of benzene rings is 3. The summed E-state index contributed by atoms with van der Waals surface area (Å²) in [6.45, 7) is 1.97. The monoisotopic (exact) mass is 405 g/mol. The largest absolute Gasteiger partial charge is 0.457 e. The number of aryl methyl sites for hydroxylation is 1. The molecule has 144 valence electrons. The third-order valence-corrected chi connectivity index (χ3v) is 4.24. The molecule has 3 aromatic rings. The van der Waals surface area contributed by atoms with Gasteiger partial charge in [0, 0.05) is 5.56 Å². The molecule has 0 heterocycles. The highest BCUT2D eigenvalue weighted by atomic mass is 35.5. The van der Waals surface area contributed by atoms with Crippen molar-refractivity contribution < 1.29 is 22.7 Å². The second-order valence-corrected chi connectivity index (χ2v) is 6.49. The zero-order chi connectivity index (χ0) is 20.3. The van der Waals surface area contributed by atoms with E-state index in [1.54, 1.807) is 12.1 Å². The first-order valence-electron chi connectivity index (χ1n) is 8.25. The average Bonchev–Trinajstić information content (AvgIpc) is 2.65. The lowest BCUT2D eigenvalue weighted by atomic mass is 10.1. The van der Waals surface area contributed by atoms with Crippen molar-refractivity contribution in [2.45, 2.75) is 13.1 Å². The molecule has 0 saturated carbocycles. The van der Waals surface area contributed by atoms with Crippen molar-refractivity contribution in [1.29, 1.82) is 0 Å². The Morgan fingerprint density at radius 2 is 1.50 bits per heavy atom. The molecule has 0 aliphatic heterocycles. The summed E-state index contributed by atoms with van der Waals surface area (Å²) in [7, 11) is 0. The van der Waals surface area contributed by atoms with Crippen LogP contribution >= 0.6 is 11.6 Å². The molecule has 0 aliphatic rings. The van der Waals surface area contributed by atoms with Gasteiger partial charge in [-0.15, -0.1) is 0 Å². The number of nitrogens with one attached hydrogen (secondary N) is 1. The maximum absolute atomic E-state index is 12.8. The standard InChI is InChI=1S/C21H15ClF3NO2/c1-13-2-7-16(8-3-13)28-17-9-4-14(5-10-17)20(27)26-19-12-15(21(23,24)25)6-11-18(19)22/h2-12H,1H3,(H,26,27). The van der Waals surface area contributed by atoms with E-state index in [4.69, 9.17) is 16.3 Å². The van der Waals surface area contributed by atoms with Gasteiger partial charge in [0.05, 0.1) is 16.3 Å². The number of amides is 1. The molecule has 3 nitrogen and oxygen atoms in total. The first-order valence-corrected chi connectivity index (χ1v) is 8.63. The highest BCUT2D eigenvalue weighted by Gasteiger charge is 2.31. The van der Waals surface area contributed by atoms with Gasteiger partial charge in [-0.05, 0) is 61.5 Å². The van der Waals surface area contributed by atoms with Crippen LogP contribution in [0, 0.1) is 6.92 Å². The maximum atomic E-state index is 12.8. The number of hydrogen-bond donors (Lipinski definition) is 1. The van der Waals surface area contributed by atoms with Gasteiger partial charge in [-0.2, -0.15) is 13.2 Å². The highest BCUT2D eigenvalue weighted by molar-refractivity contribution is 6.34. The fourth-order valence-corrected chi connectivity index (χ4v) is 2.57. The zero-order valence-corrected chi connectivity index (χ0v) is 15.4. The van der Waals surface area contributed by atoms with Crippen LogP contribution < -0.4 is 10.1 Å². The third-order valence-electron chi connectivity index (χ3n) is 3.92. The van der Waals surface area contributed by atoms with E-state index in [-0.39, 0.29) is 16.3 Å². The summed E-state index contributed by atoms with van der Waals surface area (Å²) in [4.78, 5) is 12.3. The zero-order valence-electron chi connectivity index (χ0n) is 14.7. The van der Waals surface area contributed by atoms with Crippen LogP contribution in [-0.4, -0.2) is 5.91 Å². The third kappa shape index (κ3) is 4.84. The maximum Gasteiger partial charge on any atom is 0.416 e. The molecular weight excluding hydrogens is 391 g/mol. The van der Waals surface area contributed by atoms with Gasteiger partial charge in [0.15, 0.2) is 0 Å². The van der Waals surface area contributed by atoms with Gasteiger partial charge in [0.25, 0.3) is 5.91 Å². The Balaban J connectivity index is 1.72. The highest BCUT2D eigenvalue weighted by Crippen LogP contribution is 2.34. The second-order valence-electron chi connectivity index (χ2n) is 6.09. The molecule has 7 heteroatoms. The van der Waals surface area contributed by atoms with Crippen molar-refractivity contribution in [3.63, 3.8) is 0 Å². The summed E-state index contributed by atoms with van der Waals surface area (Å²) < 4.78 is 44.2. The minimum Gasteiger partial charge on any atom is -0.457 e. The Morgan fingerprint density at radius 3 is 2.07 bits per heavy atom. The molecule has 0 radical (unpaired) electrons.